The lowest BCUT2D eigenvalue weighted by molar-refractivity contribution is -0.164. The van der Waals surface area contributed by atoms with Crippen molar-refractivity contribution < 1.29 is 19.4 Å². The van der Waals surface area contributed by atoms with Gasteiger partial charge >= 0.3 is 0 Å². The van der Waals surface area contributed by atoms with Crippen LogP contribution in [0, 0.1) is 11.3 Å². The number of pyridine rings is 1. The number of nitrogens with zero attached hydrogens (tertiary/aromatic N) is 2. The number of aromatic nitrogens is 1. The van der Waals surface area contributed by atoms with Crippen molar-refractivity contribution in [2.24, 2.45) is 11.3 Å². The summed E-state index contributed by atoms with van der Waals surface area (Å²) in [5, 5.41) is 10.3. The van der Waals surface area contributed by atoms with Gasteiger partial charge in [0.25, 0.3) is 0 Å². The molecule has 1 aromatic heterocycles. The quantitative estimate of drug-likeness (QED) is 0.849. The Morgan fingerprint density at radius 3 is 2.56 bits per heavy atom. The summed E-state index contributed by atoms with van der Waals surface area (Å²) in [5.74, 6) is 1.16. The van der Waals surface area contributed by atoms with Crippen LogP contribution in [0.3, 0.4) is 0 Å². The summed E-state index contributed by atoms with van der Waals surface area (Å²) in [5.41, 5.74) is -0.385. The zero-order chi connectivity index (χ0) is 19.2. The van der Waals surface area contributed by atoms with Gasteiger partial charge in [0.15, 0.2) is 0 Å². The van der Waals surface area contributed by atoms with Crippen LogP contribution in [0.2, 0.25) is 5.02 Å². The second-order valence-corrected chi connectivity index (χ2v) is 9.16. The number of methoxy groups -OCH3 is 1. The molecule has 1 amide bonds. The van der Waals surface area contributed by atoms with Crippen LogP contribution in [0.4, 0.5) is 0 Å². The number of amides is 1. The summed E-state index contributed by atoms with van der Waals surface area (Å²) in [4.78, 5) is 18.7. The lowest BCUT2D eigenvalue weighted by atomic mass is 9.66. The molecule has 0 bridgehead atoms. The molecule has 2 saturated carbocycles. The number of halogens is 1. The van der Waals surface area contributed by atoms with Crippen molar-refractivity contribution in [2.45, 2.75) is 57.2 Å². The summed E-state index contributed by atoms with van der Waals surface area (Å²) in [7, 11) is 1.54. The highest BCUT2D eigenvalue weighted by molar-refractivity contribution is 6.31. The Labute approximate surface area is 164 Å². The highest BCUT2D eigenvalue weighted by Crippen LogP contribution is 2.47. The fraction of sp³-hybridized carbons (Fsp3) is 0.700. The van der Waals surface area contributed by atoms with E-state index in [1.165, 1.54) is 7.11 Å². The fourth-order valence-electron chi connectivity index (χ4n) is 4.78. The van der Waals surface area contributed by atoms with Crippen LogP contribution < -0.4 is 9.47 Å². The molecule has 0 aromatic carbocycles. The number of aliphatic hydroxyl groups is 1. The first-order valence-corrected chi connectivity index (χ1v) is 10.1. The Kier molecular flexibility index (Phi) is 4.75. The monoisotopic (exact) mass is 394 g/mol. The predicted molar refractivity (Wildman–Crippen MR) is 101 cm³/mol. The van der Waals surface area contributed by atoms with Crippen molar-refractivity contribution in [3.05, 3.63) is 17.2 Å². The molecule has 4 rings (SSSR count). The molecule has 6 nitrogen and oxygen atoms in total. The van der Waals surface area contributed by atoms with E-state index in [4.69, 9.17) is 21.1 Å². The number of hydrogen-bond donors (Lipinski definition) is 1. The molecule has 2 heterocycles. The Hall–Kier alpha value is -1.53. The average molecular weight is 395 g/mol. The Balaban J connectivity index is 1.25. The third kappa shape index (κ3) is 3.74. The first-order chi connectivity index (χ1) is 12.8. The number of likely N-dealkylation sites (tertiary alicyclic amines) is 1. The van der Waals surface area contributed by atoms with E-state index in [1.54, 1.807) is 19.1 Å². The van der Waals surface area contributed by atoms with Gasteiger partial charge in [-0.3, -0.25) is 4.79 Å². The normalized spacial score (nSPS) is 29.8. The molecule has 1 N–H and O–H groups in total. The van der Waals surface area contributed by atoms with Gasteiger partial charge in [0.05, 0.1) is 12.7 Å². The van der Waals surface area contributed by atoms with Crippen molar-refractivity contribution in [1.82, 2.24) is 9.88 Å². The SMILES string of the molecule is COc1nc(OC2CCC3(CC2)CN(C(=O)C2CC(C)(O)C2)C3)ccc1Cl. The van der Waals surface area contributed by atoms with Crippen molar-refractivity contribution in [1.29, 1.82) is 0 Å². The van der Waals surface area contributed by atoms with Crippen molar-refractivity contribution >= 4 is 17.5 Å². The Morgan fingerprint density at radius 1 is 1.30 bits per heavy atom. The summed E-state index contributed by atoms with van der Waals surface area (Å²) in [6, 6.07) is 3.51. The van der Waals surface area contributed by atoms with Crippen LogP contribution in [0.1, 0.15) is 45.4 Å². The van der Waals surface area contributed by atoms with E-state index >= 15 is 0 Å². The third-order valence-electron chi connectivity index (χ3n) is 6.35. The van der Waals surface area contributed by atoms with Gasteiger partial charge in [-0.2, -0.15) is 4.98 Å². The molecule has 1 saturated heterocycles. The number of carbonyl (C=O) groups excluding carboxylic acids is 1. The van der Waals surface area contributed by atoms with E-state index < -0.39 is 5.60 Å². The number of carbonyl (C=O) groups is 1. The predicted octanol–water partition coefficient (Wildman–Crippen LogP) is 3.05. The first-order valence-electron chi connectivity index (χ1n) is 9.68. The zero-order valence-electron chi connectivity index (χ0n) is 15.9. The fourth-order valence-corrected chi connectivity index (χ4v) is 4.96. The minimum atomic E-state index is -0.642. The molecule has 27 heavy (non-hydrogen) atoms. The van der Waals surface area contributed by atoms with Gasteiger partial charge in [-0.15, -0.1) is 0 Å². The molecule has 3 aliphatic rings. The molecule has 1 aliphatic heterocycles. The van der Waals surface area contributed by atoms with Crippen LogP contribution in [0.5, 0.6) is 11.8 Å². The van der Waals surface area contributed by atoms with Gasteiger partial charge in [-0.25, -0.2) is 0 Å². The maximum atomic E-state index is 12.5. The molecule has 148 valence electrons. The number of rotatable bonds is 4. The smallest absolute Gasteiger partial charge is 0.235 e. The molecular weight excluding hydrogens is 368 g/mol. The molecule has 1 spiro atoms. The van der Waals surface area contributed by atoms with E-state index in [-0.39, 0.29) is 23.3 Å². The van der Waals surface area contributed by atoms with Crippen LogP contribution in [-0.4, -0.2) is 52.8 Å². The minimum Gasteiger partial charge on any atom is -0.480 e. The highest BCUT2D eigenvalue weighted by atomic mass is 35.5. The van der Waals surface area contributed by atoms with Gasteiger partial charge in [0.2, 0.25) is 17.7 Å². The van der Waals surface area contributed by atoms with E-state index in [1.807, 2.05) is 4.90 Å². The first kappa shape index (κ1) is 18.8. The number of hydrogen-bond acceptors (Lipinski definition) is 5. The van der Waals surface area contributed by atoms with Crippen molar-refractivity contribution in [2.75, 3.05) is 20.2 Å². The zero-order valence-corrected chi connectivity index (χ0v) is 16.7. The van der Waals surface area contributed by atoms with E-state index in [2.05, 4.69) is 4.98 Å². The van der Waals surface area contributed by atoms with Crippen LogP contribution in [0.15, 0.2) is 12.1 Å². The highest BCUT2D eigenvalue weighted by Gasteiger charge is 2.51. The Morgan fingerprint density at radius 2 is 1.96 bits per heavy atom. The minimum absolute atomic E-state index is 0.0166. The molecule has 0 unspecified atom stereocenters. The second-order valence-electron chi connectivity index (χ2n) is 8.75. The maximum Gasteiger partial charge on any atom is 0.235 e. The summed E-state index contributed by atoms with van der Waals surface area (Å²) >= 11 is 6.01. The largest absolute Gasteiger partial charge is 0.480 e. The van der Waals surface area contributed by atoms with Gasteiger partial charge in [-0.05, 0) is 51.5 Å². The van der Waals surface area contributed by atoms with Crippen molar-refractivity contribution in [3.8, 4) is 11.8 Å². The lowest BCUT2D eigenvalue weighted by Gasteiger charge is -2.55. The average Bonchev–Trinajstić information content (AvgIpc) is 2.59. The molecule has 7 heteroatoms. The summed E-state index contributed by atoms with van der Waals surface area (Å²) < 4.78 is 11.2. The van der Waals surface area contributed by atoms with Gasteiger partial charge in [0, 0.05) is 30.5 Å². The topological polar surface area (TPSA) is 71.9 Å². The Bertz CT molecular complexity index is 715. The van der Waals surface area contributed by atoms with E-state index in [9.17, 15) is 9.90 Å². The van der Waals surface area contributed by atoms with Gasteiger partial charge in [-0.1, -0.05) is 11.6 Å². The molecule has 3 fully saturated rings. The maximum absolute atomic E-state index is 12.5. The second kappa shape index (κ2) is 6.82. The van der Waals surface area contributed by atoms with Gasteiger partial charge in [0.1, 0.15) is 11.1 Å². The van der Waals surface area contributed by atoms with Crippen molar-refractivity contribution in [3.63, 3.8) is 0 Å². The van der Waals surface area contributed by atoms with Crippen LogP contribution in [-0.2, 0) is 4.79 Å². The molecule has 2 aliphatic carbocycles. The van der Waals surface area contributed by atoms with Crippen LogP contribution in [0.25, 0.3) is 0 Å². The van der Waals surface area contributed by atoms with E-state index in [0.717, 1.165) is 38.8 Å². The molecular formula is C20H27ClN2O4. The number of ether oxygens (including phenoxy) is 2. The lowest BCUT2D eigenvalue weighted by Crippen LogP contribution is -2.63. The van der Waals surface area contributed by atoms with E-state index in [0.29, 0.717) is 29.6 Å². The molecule has 0 radical (unpaired) electrons. The molecule has 0 atom stereocenters. The summed E-state index contributed by atoms with van der Waals surface area (Å²) in [6.07, 6.45) is 5.40. The van der Waals surface area contributed by atoms with Crippen LogP contribution >= 0.6 is 11.6 Å². The third-order valence-corrected chi connectivity index (χ3v) is 6.64. The molecule has 1 aromatic rings. The standard InChI is InChI=1S/C20H27ClN2O4/c1-19(25)9-13(10-19)18(24)23-11-20(12-23)7-5-14(6-8-20)27-16-4-3-15(21)17(22-16)26-2/h3-4,13-14,25H,5-12H2,1-2H3. The van der Waals surface area contributed by atoms with Gasteiger partial charge < -0.3 is 19.5 Å². The summed E-state index contributed by atoms with van der Waals surface area (Å²) in [6.45, 7) is 3.51.